The fraction of sp³-hybridized carbons (Fsp3) is 0.588. The van der Waals surface area contributed by atoms with Crippen LogP contribution in [0.15, 0.2) is 12.1 Å². The quantitative estimate of drug-likeness (QED) is 0.598. The van der Waals surface area contributed by atoms with Crippen LogP contribution in [0.25, 0.3) is 0 Å². The number of anilines is 1. The van der Waals surface area contributed by atoms with Crippen LogP contribution in [0.4, 0.5) is 5.69 Å². The molecule has 112 valence electrons. The van der Waals surface area contributed by atoms with E-state index in [1.807, 2.05) is 19.9 Å². The number of nitrogen functional groups attached to an aromatic ring is 1. The Morgan fingerprint density at radius 2 is 2.00 bits per heavy atom. The third-order valence-corrected chi connectivity index (χ3v) is 3.74. The summed E-state index contributed by atoms with van der Waals surface area (Å²) in [4.78, 5) is 12.2. The van der Waals surface area contributed by atoms with Gasteiger partial charge in [-0.2, -0.15) is 0 Å². The molecule has 1 rings (SSSR count). The van der Waals surface area contributed by atoms with Crippen molar-refractivity contribution in [2.45, 2.75) is 53.4 Å². The zero-order chi connectivity index (χ0) is 15.1. The first-order valence-electron chi connectivity index (χ1n) is 7.53. The summed E-state index contributed by atoms with van der Waals surface area (Å²) in [5.74, 6) is 0.148. The number of ether oxygens (including phenoxy) is 1. The minimum absolute atomic E-state index is 0.302. The van der Waals surface area contributed by atoms with Crippen LogP contribution in [0.2, 0.25) is 0 Å². The van der Waals surface area contributed by atoms with Gasteiger partial charge in [0.2, 0.25) is 0 Å². The van der Waals surface area contributed by atoms with Gasteiger partial charge in [-0.25, -0.2) is 4.79 Å². The predicted octanol–water partition coefficient (Wildman–Crippen LogP) is 4.26. The predicted molar refractivity (Wildman–Crippen MR) is 83.9 cm³/mol. The Hall–Kier alpha value is -1.51. The van der Waals surface area contributed by atoms with Crippen LogP contribution in [0.1, 0.15) is 61.0 Å². The van der Waals surface area contributed by atoms with Gasteiger partial charge in [-0.15, -0.1) is 0 Å². The van der Waals surface area contributed by atoms with Crippen LogP contribution in [0, 0.1) is 19.8 Å². The molecular formula is C17H27NO2. The fourth-order valence-electron chi connectivity index (χ4n) is 2.32. The molecule has 0 aliphatic rings. The highest BCUT2D eigenvalue weighted by molar-refractivity contribution is 5.96. The molecule has 0 saturated carbocycles. The molecule has 0 radical (unpaired) electrons. The minimum atomic E-state index is -0.302. The summed E-state index contributed by atoms with van der Waals surface area (Å²) in [6.07, 6.45) is 4.51. The summed E-state index contributed by atoms with van der Waals surface area (Å²) in [5, 5.41) is 0. The minimum Gasteiger partial charge on any atom is -0.462 e. The number of benzene rings is 1. The number of aryl methyl sites for hydroxylation is 2. The lowest BCUT2D eigenvalue weighted by Gasteiger charge is -2.16. The molecule has 1 aromatic carbocycles. The molecular weight excluding hydrogens is 250 g/mol. The van der Waals surface area contributed by atoms with Gasteiger partial charge in [-0.05, 0) is 43.4 Å². The Bertz CT molecular complexity index is 455. The monoisotopic (exact) mass is 277 g/mol. The van der Waals surface area contributed by atoms with Crippen LogP contribution in [-0.4, -0.2) is 12.6 Å². The first-order chi connectivity index (χ1) is 9.49. The summed E-state index contributed by atoms with van der Waals surface area (Å²) in [6, 6.07) is 3.78. The highest BCUT2D eigenvalue weighted by atomic mass is 16.5. The van der Waals surface area contributed by atoms with Crippen molar-refractivity contribution in [1.82, 2.24) is 0 Å². The van der Waals surface area contributed by atoms with E-state index in [2.05, 4.69) is 13.8 Å². The maximum absolute atomic E-state index is 12.2. The third-order valence-electron chi connectivity index (χ3n) is 3.74. The summed E-state index contributed by atoms with van der Waals surface area (Å²) < 4.78 is 5.45. The average molecular weight is 277 g/mol. The number of hydrogen-bond acceptors (Lipinski definition) is 3. The smallest absolute Gasteiger partial charge is 0.340 e. The topological polar surface area (TPSA) is 52.3 Å². The molecule has 3 nitrogen and oxygen atoms in total. The molecule has 0 bridgehead atoms. The first-order valence-corrected chi connectivity index (χ1v) is 7.53. The van der Waals surface area contributed by atoms with E-state index >= 15 is 0 Å². The third kappa shape index (κ3) is 4.55. The first kappa shape index (κ1) is 16.5. The molecule has 0 aliphatic heterocycles. The van der Waals surface area contributed by atoms with Gasteiger partial charge >= 0.3 is 5.97 Å². The molecule has 3 heteroatoms. The molecule has 0 fully saturated rings. The Labute approximate surface area is 122 Å². The van der Waals surface area contributed by atoms with E-state index in [0.29, 0.717) is 23.8 Å². The second-order valence-electron chi connectivity index (χ2n) is 5.56. The van der Waals surface area contributed by atoms with Crippen molar-refractivity contribution in [1.29, 1.82) is 0 Å². The Balaban J connectivity index is 2.67. The van der Waals surface area contributed by atoms with Crippen LogP contribution < -0.4 is 5.73 Å². The Morgan fingerprint density at radius 3 is 2.60 bits per heavy atom. The molecule has 0 amide bonds. The highest BCUT2D eigenvalue weighted by Crippen LogP contribution is 2.21. The summed E-state index contributed by atoms with van der Waals surface area (Å²) >= 11 is 0. The molecule has 20 heavy (non-hydrogen) atoms. The van der Waals surface area contributed by atoms with Gasteiger partial charge in [0.15, 0.2) is 0 Å². The summed E-state index contributed by atoms with van der Waals surface area (Å²) in [7, 11) is 0. The van der Waals surface area contributed by atoms with Gasteiger partial charge in [0.1, 0.15) is 0 Å². The average Bonchev–Trinajstić information content (AvgIpc) is 2.42. The lowest BCUT2D eigenvalue weighted by molar-refractivity contribution is 0.0429. The molecule has 0 heterocycles. The molecule has 0 saturated heterocycles. The summed E-state index contributed by atoms with van der Waals surface area (Å²) in [5.41, 5.74) is 8.95. The number of nitrogens with two attached hydrogens (primary N) is 1. The van der Waals surface area contributed by atoms with Crippen molar-refractivity contribution in [3.63, 3.8) is 0 Å². The van der Waals surface area contributed by atoms with Crippen LogP contribution in [0.3, 0.4) is 0 Å². The molecule has 0 aromatic heterocycles. The molecule has 1 unspecified atom stereocenters. The molecule has 1 atom stereocenters. The maximum Gasteiger partial charge on any atom is 0.340 e. The second-order valence-corrected chi connectivity index (χ2v) is 5.56. The van der Waals surface area contributed by atoms with Gasteiger partial charge in [0.05, 0.1) is 12.2 Å². The molecule has 1 aromatic rings. The van der Waals surface area contributed by atoms with Crippen LogP contribution >= 0.6 is 0 Å². The second kappa shape index (κ2) is 7.93. The number of rotatable bonds is 7. The van der Waals surface area contributed by atoms with Crippen molar-refractivity contribution >= 4 is 11.7 Å². The van der Waals surface area contributed by atoms with Crippen molar-refractivity contribution in [2.75, 3.05) is 12.3 Å². The van der Waals surface area contributed by atoms with Crippen molar-refractivity contribution in [2.24, 2.45) is 5.92 Å². The van der Waals surface area contributed by atoms with Crippen molar-refractivity contribution < 1.29 is 9.53 Å². The van der Waals surface area contributed by atoms with Gasteiger partial charge in [-0.1, -0.05) is 39.2 Å². The van der Waals surface area contributed by atoms with E-state index < -0.39 is 0 Å². The van der Waals surface area contributed by atoms with Crippen LogP contribution in [0.5, 0.6) is 0 Å². The molecule has 0 spiro atoms. The summed E-state index contributed by atoms with van der Waals surface area (Å²) in [6.45, 7) is 8.67. The van der Waals surface area contributed by atoms with Gasteiger partial charge in [-0.3, -0.25) is 0 Å². The number of carbonyl (C=O) groups is 1. The zero-order valence-electron chi connectivity index (χ0n) is 13.2. The number of carbonyl (C=O) groups excluding carboxylic acids is 1. The highest BCUT2D eigenvalue weighted by Gasteiger charge is 2.15. The van der Waals surface area contributed by atoms with E-state index in [1.165, 1.54) is 12.8 Å². The van der Waals surface area contributed by atoms with Crippen molar-refractivity contribution in [3.8, 4) is 0 Å². The van der Waals surface area contributed by atoms with Crippen molar-refractivity contribution in [3.05, 3.63) is 28.8 Å². The van der Waals surface area contributed by atoms with Crippen LogP contribution in [-0.2, 0) is 4.74 Å². The van der Waals surface area contributed by atoms with E-state index in [1.54, 1.807) is 6.07 Å². The standard InChI is InChI=1S/C17H27NO2/c1-5-7-8-14(6-2)11-20-17(19)15-10-12(3)9-13(4)16(15)18/h9-10,14H,5-8,11,18H2,1-4H3. The van der Waals surface area contributed by atoms with Gasteiger partial charge in [0.25, 0.3) is 0 Å². The van der Waals surface area contributed by atoms with E-state index in [0.717, 1.165) is 24.0 Å². The lowest BCUT2D eigenvalue weighted by Crippen LogP contribution is -2.15. The number of esters is 1. The fourth-order valence-corrected chi connectivity index (χ4v) is 2.32. The maximum atomic E-state index is 12.2. The van der Waals surface area contributed by atoms with E-state index in [4.69, 9.17) is 10.5 Å². The Morgan fingerprint density at radius 1 is 1.30 bits per heavy atom. The lowest BCUT2D eigenvalue weighted by atomic mass is 10.0. The van der Waals surface area contributed by atoms with E-state index in [-0.39, 0.29) is 5.97 Å². The molecule has 2 N–H and O–H groups in total. The SMILES string of the molecule is CCCCC(CC)COC(=O)c1cc(C)cc(C)c1N. The molecule has 0 aliphatic carbocycles. The largest absolute Gasteiger partial charge is 0.462 e. The van der Waals surface area contributed by atoms with Gasteiger partial charge < -0.3 is 10.5 Å². The Kier molecular flexibility index (Phi) is 6.56. The number of unbranched alkanes of at least 4 members (excludes halogenated alkanes) is 1. The zero-order valence-corrected chi connectivity index (χ0v) is 13.2. The normalized spacial score (nSPS) is 12.2. The number of hydrogen-bond donors (Lipinski definition) is 1. The van der Waals surface area contributed by atoms with E-state index in [9.17, 15) is 4.79 Å². The van der Waals surface area contributed by atoms with Gasteiger partial charge in [0, 0.05) is 5.69 Å².